The molecule has 1 aromatic heterocycles. The van der Waals surface area contributed by atoms with Crippen LogP contribution in [0.3, 0.4) is 0 Å². The highest BCUT2D eigenvalue weighted by molar-refractivity contribution is 7.99. The minimum Gasteiger partial charge on any atom is -0.399 e. The van der Waals surface area contributed by atoms with E-state index in [-0.39, 0.29) is 0 Å². The van der Waals surface area contributed by atoms with Crippen molar-refractivity contribution in [2.45, 2.75) is 37.0 Å². The van der Waals surface area contributed by atoms with Crippen molar-refractivity contribution in [1.82, 2.24) is 9.55 Å². The normalized spacial score (nSPS) is 24.5. The Bertz CT molecular complexity index is 541. The predicted molar refractivity (Wildman–Crippen MR) is 79.0 cm³/mol. The van der Waals surface area contributed by atoms with E-state index in [1.165, 1.54) is 31.2 Å². The topological polar surface area (TPSA) is 43.8 Å². The summed E-state index contributed by atoms with van der Waals surface area (Å²) in [5.74, 6) is 0. The van der Waals surface area contributed by atoms with Crippen molar-refractivity contribution < 1.29 is 0 Å². The Morgan fingerprint density at radius 3 is 2.78 bits per heavy atom. The first-order valence-electron chi connectivity index (χ1n) is 6.53. The Morgan fingerprint density at radius 2 is 2.06 bits per heavy atom. The van der Waals surface area contributed by atoms with E-state index in [1.807, 2.05) is 30.2 Å². The zero-order chi connectivity index (χ0) is 12.5. The lowest BCUT2D eigenvalue weighted by Gasteiger charge is -2.28. The molecule has 0 spiro atoms. The summed E-state index contributed by atoms with van der Waals surface area (Å²) >= 11 is 2.01. The van der Waals surface area contributed by atoms with Crippen molar-refractivity contribution in [2.24, 2.45) is 0 Å². The van der Waals surface area contributed by atoms with Gasteiger partial charge >= 0.3 is 0 Å². The van der Waals surface area contributed by atoms with E-state index in [0.29, 0.717) is 6.04 Å². The molecule has 2 aromatic rings. The van der Waals surface area contributed by atoms with Gasteiger partial charge in [0, 0.05) is 17.0 Å². The molecular weight excluding hydrogens is 242 g/mol. The van der Waals surface area contributed by atoms with E-state index >= 15 is 0 Å². The number of rotatable bonds is 2. The largest absolute Gasteiger partial charge is 0.399 e. The second kappa shape index (κ2) is 4.84. The lowest BCUT2D eigenvalue weighted by molar-refractivity contribution is 0.366. The molecule has 3 rings (SSSR count). The van der Waals surface area contributed by atoms with Crippen molar-refractivity contribution in [3.05, 3.63) is 24.5 Å². The lowest BCUT2D eigenvalue weighted by atomic mass is 9.94. The first-order chi connectivity index (χ1) is 8.78. The summed E-state index contributed by atoms with van der Waals surface area (Å²) in [6.07, 6.45) is 9.37. The third kappa shape index (κ3) is 2.09. The SMILES string of the molecule is CSC1CCC(n2cnc3cc(N)ccc32)CC1. The summed E-state index contributed by atoms with van der Waals surface area (Å²) in [6, 6.07) is 6.63. The average Bonchev–Trinajstić information content (AvgIpc) is 2.81. The van der Waals surface area contributed by atoms with Crippen molar-refractivity contribution in [2.75, 3.05) is 12.0 Å². The standard InChI is InChI=1S/C14H19N3S/c1-18-12-5-3-11(4-6-12)17-9-16-13-8-10(15)2-7-14(13)17/h2,7-9,11-12H,3-6,15H2,1H3. The molecule has 2 N–H and O–H groups in total. The Morgan fingerprint density at radius 1 is 1.28 bits per heavy atom. The number of nitrogens with zero attached hydrogens (tertiary/aromatic N) is 2. The molecule has 4 heteroatoms. The summed E-state index contributed by atoms with van der Waals surface area (Å²) < 4.78 is 2.34. The molecule has 1 aliphatic carbocycles. The monoisotopic (exact) mass is 261 g/mol. The molecule has 0 bridgehead atoms. The number of fused-ring (bicyclic) bond motifs is 1. The molecule has 1 aromatic carbocycles. The molecule has 0 radical (unpaired) electrons. The maximum Gasteiger partial charge on any atom is 0.0960 e. The van der Waals surface area contributed by atoms with Crippen LogP contribution in [0, 0.1) is 0 Å². The van der Waals surface area contributed by atoms with Gasteiger partial charge in [0.05, 0.1) is 17.4 Å². The smallest absolute Gasteiger partial charge is 0.0960 e. The highest BCUT2D eigenvalue weighted by Gasteiger charge is 2.22. The van der Waals surface area contributed by atoms with Crippen molar-refractivity contribution >= 4 is 28.5 Å². The fourth-order valence-electron chi connectivity index (χ4n) is 2.90. The van der Waals surface area contributed by atoms with Gasteiger partial charge < -0.3 is 10.3 Å². The van der Waals surface area contributed by atoms with Gasteiger partial charge in [0.15, 0.2) is 0 Å². The van der Waals surface area contributed by atoms with Gasteiger partial charge in [0.25, 0.3) is 0 Å². The minimum absolute atomic E-state index is 0.613. The number of benzene rings is 1. The number of hydrogen-bond acceptors (Lipinski definition) is 3. The molecule has 18 heavy (non-hydrogen) atoms. The third-order valence-electron chi connectivity index (χ3n) is 3.97. The fraction of sp³-hybridized carbons (Fsp3) is 0.500. The quantitative estimate of drug-likeness (QED) is 0.842. The molecule has 96 valence electrons. The zero-order valence-electron chi connectivity index (χ0n) is 10.7. The van der Waals surface area contributed by atoms with Gasteiger partial charge in [0.1, 0.15) is 0 Å². The molecule has 0 unspecified atom stereocenters. The van der Waals surface area contributed by atoms with Crippen LogP contribution in [-0.2, 0) is 0 Å². The van der Waals surface area contributed by atoms with Crippen LogP contribution in [0.25, 0.3) is 11.0 Å². The number of aromatic nitrogens is 2. The Kier molecular flexibility index (Phi) is 3.20. The second-order valence-electron chi connectivity index (χ2n) is 5.07. The molecule has 1 aliphatic rings. The number of nitrogen functional groups attached to an aromatic ring is 1. The lowest BCUT2D eigenvalue weighted by Crippen LogP contribution is -2.18. The summed E-state index contributed by atoms with van der Waals surface area (Å²) in [5, 5.41) is 0.853. The van der Waals surface area contributed by atoms with Crippen LogP contribution in [0.15, 0.2) is 24.5 Å². The van der Waals surface area contributed by atoms with Crippen LogP contribution in [0.5, 0.6) is 0 Å². The predicted octanol–water partition coefficient (Wildman–Crippen LogP) is 3.47. The van der Waals surface area contributed by atoms with Gasteiger partial charge in [0.2, 0.25) is 0 Å². The number of thioether (sulfide) groups is 1. The molecule has 3 nitrogen and oxygen atoms in total. The van der Waals surface area contributed by atoms with E-state index in [0.717, 1.165) is 16.5 Å². The summed E-state index contributed by atoms with van der Waals surface area (Å²) in [4.78, 5) is 4.47. The molecule has 0 saturated heterocycles. The van der Waals surface area contributed by atoms with E-state index < -0.39 is 0 Å². The first kappa shape index (κ1) is 11.9. The van der Waals surface area contributed by atoms with Gasteiger partial charge in [-0.25, -0.2) is 4.98 Å². The Balaban J connectivity index is 1.87. The van der Waals surface area contributed by atoms with Crippen molar-refractivity contribution in [3.63, 3.8) is 0 Å². The second-order valence-corrected chi connectivity index (χ2v) is 6.20. The van der Waals surface area contributed by atoms with Gasteiger partial charge in [-0.05, 0) is 50.1 Å². The van der Waals surface area contributed by atoms with E-state index in [4.69, 9.17) is 5.73 Å². The molecule has 0 atom stereocenters. The van der Waals surface area contributed by atoms with Crippen LogP contribution < -0.4 is 5.73 Å². The summed E-state index contributed by atoms with van der Waals surface area (Å²) in [6.45, 7) is 0. The molecule has 1 heterocycles. The van der Waals surface area contributed by atoms with E-state index in [1.54, 1.807) is 0 Å². The Hall–Kier alpha value is -1.16. The molecule has 1 saturated carbocycles. The van der Waals surface area contributed by atoms with Gasteiger partial charge in [-0.2, -0.15) is 11.8 Å². The van der Waals surface area contributed by atoms with Gasteiger partial charge in [-0.3, -0.25) is 0 Å². The summed E-state index contributed by atoms with van der Waals surface area (Å²) in [5.41, 5.74) is 8.82. The van der Waals surface area contributed by atoms with E-state index in [9.17, 15) is 0 Å². The maximum absolute atomic E-state index is 5.80. The van der Waals surface area contributed by atoms with Gasteiger partial charge in [-0.15, -0.1) is 0 Å². The van der Waals surface area contributed by atoms with Crippen LogP contribution in [-0.4, -0.2) is 21.1 Å². The van der Waals surface area contributed by atoms with Gasteiger partial charge in [-0.1, -0.05) is 0 Å². The number of nitrogens with two attached hydrogens (primary N) is 1. The molecule has 0 amide bonds. The van der Waals surface area contributed by atoms with Crippen LogP contribution >= 0.6 is 11.8 Å². The van der Waals surface area contributed by atoms with Crippen LogP contribution in [0.4, 0.5) is 5.69 Å². The number of anilines is 1. The highest BCUT2D eigenvalue weighted by atomic mass is 32.2. The van der Waals surface area contributed by atoms with Crippen LogP contribution in [0.1, 0.15) is 31.7 Å². The fourth-order valence-corrected chi connectivity index (χ4v) is 3.64. The van der Waals surface area contributed by atoms with E-state index in [2.05, 4.69) is 21.9 Å². The summed E-state index contributed by atoms with van der Waals surface area (Å²) in [7, 11) is 0. The molecule has 0 aliphatic heterocycles. The van der Waals surface area contributed by atoms with Crippen molar-refractivity contribution in [3.8, 4) is 0 Å². The average molecular weight is 261 g/mol. The number of hydrogen-bond donors (Lipinski definition) is 1. The first-order valence-corrected chi connectivity index (χ1v) is 7.81. The Labute approximate surface area is 112 Å². The number of imidazole rings is 1. The maximum atomic E-state index is 5.80. The zero-order valence-corrected chi connectivity index (χ0v) is 11.5. The highest BCUT2D eigenvalue weighted by Crippen LogP contribution is 2.35. The molecular formula is C14H19N3S. The molecule has 1 fully saturated rings. The van der Waals surface area contributed by atoms with Crippen LogP contribution in [0.2, 0.25) is 0 Å². The minimum atomic E-state index is 0.613. The third-order valence-corrected chi connectivity index (χ3v) is 5.11. The van der Waals surface area contributed by atoms with Crippen molar-refractivity contribution in [1.29, 1.82) is 0 Å².